The Balaban J connectivity index is 1.32. The number of hydrogen-bond donors (Lipinski definition) is 2. The molecule has 0 radical (unpaired) electrons. The molecule has 4 rings (SSSR count). The smallest absolute Gasteiger partial charge is 0.409 e. The van der Waals surface area contributed by atoms with Crippen LogP contribution in [0.5, 0.6) is 0 Å². The highest BCUT2D eigenvalue weighted by Crippen LogP contribution is 2.23. The number of nitrogens with zero attached hydrogens (tertiary/aromatic N) is 4. The van der Waals surface area contributed by atoms with Crippen molar-refractivity contribution in [2.24, 2.45) is 5.92 Å². The Hall–Kier alpha value is -3.34. The van der Waals surface area contributed by atoms with Crippen LogP contribution in [0.2, 0.25) is 5.02 Å². The van der Waals surface area contributed by atoms with Crippen molar-refractivity contribution in [1.29, 1.82) is 0 Å². The van der Waals surface area contributed by atoms with E-state index in [9.17, 15) is 18.8 Å². The third kappa shape index (κ3) is 5.19. The van der Waals surface area contributed by atoms with Crippen LogP contribution in [0.25, 0.3) is 0 Å². The van der Waals surface area contributed by atoms with Gasteiger partial charge in [-0.15, -0.1) is 0 Å². The van der Waals surface area contributed by atoms with Crippen LogP contribution in [0.3, 0.4) is 0 Å². The first kappa shape index (κ1) is 22.8. The van der Waals surface area contributed by atoms with Gasteiger partial charge < -0.3 is 25.2 Å². The number of methoxy groups -OCH3 is 1. The molecule has 1 aromatic carbocycles. The lowest BCUT2D eigenvalue weighted by Crippen LogP contribution is -2.41. The fraction of sp³-hybridized carbons (Fsp3) is 0.429. The fourth-order valence-electron chi connectivity index (χ4n) is 3.96. The second-order valence-electron chi connectivity index (χ2n) is 7.95. The molecule has 2 N–H and O–H groups in total. The van der Waals surface area contributed by atoms with E-state index in [1.165, 1.54) is 25.3 Å². The summed E-state index contributed by atoms with van der Waals surface area (Å²) < 4.78 is 19.8. The van der Waals surface area contributed by atoms with Crippen molar-refractivity contribution in [2.75, 3.05) is 37.4 Å². The van der Waals surface area contributed by atoms with Crippen molar-refractivity contribution in [3.05, 3.63) is 40.8 Å². The average molecular weight is 479 g/mol. The molecule has 0 saturated carbocycles. The number of carbonyl (C=O) groups is 3. The Labute approximate surface area is 194 Å². The van der Waals surface area contributed by atoms with Gasteiger partial charge in [0, 0.05) is 37.3 Å². The minimum absolute atomic E-state index is 0.0686. The summed E-state index contributed by atoms with van der Waals surface area (Å²) in [6, 6.07) is 5.39. The molecule has 2 aliphatic heterocycles. The van der Waals surface area contributed by atoms with E-state index in [2.05, 4.69) is 15.7 Å². The van der Waals surface area contributed by atoms with Gasteiger partial charge in [0.2, 0.25) is 5.91 Å². The Bertz CT molecular complexity index is 1070. The number of urea groups is 1. The minimum atomic E-state index is -0.555. The van der Waals surface area contributed by atoms with Crippen molar-refractivity contribution in [3.63, 3.8) is 0 Å². The first-order valence-electron chi connectivity index (χ1n) is 10.6. The number of likely N-dealkylation sites (tertiary alicyclic amines) is 1. The van der Waals surface area contributed by atoms with E-state index in [4.69, 9.17) is 16.3 Å². The van der Waals surface area contributed by atoms with Gasteiger partial charge in [-0.05, 0) is 31.0 Å². The largest absolute Gasteiger partial charge is 0.453 e. The van der Waals surface area contributed by atoms with Crippen LogP contribution in [-0.2, 0) is 22.6 Å². The highest BCUT2D eigenvalue weighted by molar-refractivity contribution is 6.31. The predicted molar refractivity (Wildman–Crippen MR) is 118 cm³/mol. The number of hydrogen-bond acceptors (Lipinski definition) is 5. The third-order valence-corrected chi connectivity index (χ3v) is 6.10. The van der Waals surface area contributed by atoms with Crippen LogP contribution in [0.1, 0.15) is 18.5 Å². The van der Waals surface area contributed by atoms with Crippen LogP contribution >= 0.6 is 11.6 Å². The van der Waals surface area contributed by atoms with Crippen LogP contribution in [-0.4, -0.2) is 64.4 Å². The van der Waals surface area contributed by atoms with Gasteiger partial charge in [-0.3, -0.25) is 9.48 Å². The van der Waals surface area contributed by atoms with Gasteiger partial charge >= 0.3 is 12.1 Å². The van der Waals surface area contributed by atoms with Gasteiger partial charge in [-0.2, -0.15) is 5.10 Å². The second-order valence-corrected chi connectivity index (χ2v) is 8.35. The number of rotatable bonds is 3. The Kier molecular flexibility index (Phi) is 6.68. The summed E-state index contributed by atoms with van der Waals surface area (Å²) in [5, 5.41) is 9.91. The number of anilines is 2. The second kappa shape index (κ2) is 9.65. The van der Waals surface area contributed by atoms with Gasteiger partial charge in [-0.1, -0.05) is 11.6 Å². The first-order chi connectivity index (χ1) is 15.8. The quantitative estimate of drug-likeness (QED) is 0.704. The van der Waals surface area contributed by atoms with Gasteiger partial charge in [0.1, 0.15) is 5.82 Å². The number of aromatic nitrogens is 2. The molecule has 33 heavy (non-hydrogen) atoms. The summed E-state index contributed by atoms with van der Waals surface area (Å²) in [5.41, 5.74) is 1.18. The number of piperidine rings is 1. The summed E-state index contributed by atoms with van der Waals surface area (Å²) >= 11 is 5.77. The summed E-state index contributed by atoms with van der Waals surface area (Å²) in [7, 11) is 1.34. The molecule has 2 aromatic rings. The molecule has 0 spiro atoms. The standard InChI is InChI=1S/C21H24ClFN6O4/c1-33-21(32)27-6-4-13(5-7-27)19(30)25-18-11-15-12-28(8-9-29(15)26-18)20(31)24-14-2-3-17(23)16(22)10-14/h2-3,10-11,13H,4-9,12H2,1H3,(H,24,31)(H,25,26,30). The fourth-order valence-corrected chi connectivity index (χ4v) is 4.14. The van der Waals surface area contributed by atoms with Crippen molar-refractivity contribution in [3.8, 4) is 0 Å². The molecule has 1 saturated heterocycles. The molecule has 0 atom stereocenters. The van der Waals surface area contributed by atoms with E-state index in [0.29, 0.717) is 57.1 Å². The molecule has 176 valence electrons. The zero-order valence-corrected chi connectivity index (χ0v) is 18.8. The number of fused-ring (bicyclic) bond motifs is 1. The zero-order valence-electron chi connectivity index (χ0n) is 18.0. The number of benzene rings is 1. The SMILES string of the molecule is COC(=O)N1CCC(C(=O)Nc2cc3n(n2)CCN(C(=O)Nc2ccc(F)c(Cl)c2)C3)CC1. The van der Waals surface area contributed by atoms with E-state index < -0.39 is 5.82 Å². The summed E-state index contributed by atoms with van der Waals surface area (Å²) in [6.07, 6.45) is 0.720. The lowest BCUT2D eigenvalue weighted by Gasteiger charge is -2.29. The molecule has 1 fully saturated rings. The molecular formula is C21H24ClFN6O4. The van der Waals surface area contributed by atoms with Crippen LogP contribution in [0.15, 0.2) is 24.3 Å². The predicted octanol–water partition coefficient (Wildman–Crippen LogP) is 3.14. The maximum absolute atomic E-state index is 13.3. The topological polar surface area (TPSA) is 109 Å². The van der Waals surface area contributed by atoms with Gasteiger partial charge in [0.05, 0.1) is 30.9 Å². The molecule has 3 heterocycles. The van der Waals surface area contributed by atoms with Crippen molar-refractivity contribution in [2.45, 2.75) is 25.9 Å². The monoisotopic (exact) mass is 478 g/mol. The Morgan fingerprint density at radius 2 is 1.85 bits per heavy atom. The molecular weight excluding hydrogens is 455 g/mol. The third-order valence-electron chi connectivity index (χ3n) is 5.81. The van der Waals surface area contributed by atoms with E-state index in [-0.39, 0.29) is 29.0 Å². The summed E-state index contributed by atoms with van der Waals surface area (Å²) in [6.45, 7) is 2.14. The molecule has 12 heteroatoms. The van der Waals surface area contributed by atoms with E-state index in [1.807, 2.05) is 0 Å². The molecule has 0 unspecified atom stereocenters. The van der Waals surface area contributed by atoms with Crippen molar-refractivity contribution in [1.82, 2.24) is 19.6 Å². The number of amides is 4. The molecule has 0 bridgehead atoms. The Morgan fingerprint density at radius 3 is 2.55 bits per heavy atom. The normalized spacial score (nSPS) is 16.2. The van der Waals surface area contributed by atoms with Crippen LogP contribution in [0, 0.1) is 11.7 Å². The van der Waals surface area contributed by atoms with Gasteiger partial charge in [0.15, 0.2) is 5.82 Å². The van der Waals surface area contributed by atoms with E-state index in [0.717, 1.165) is 5.69 Å². The van der Waals surface area contributed by atoms with Crippen LogP contribution < -0.4 is 10.6 Å². The maximum Gasteiger partial charge on any atom is 0.409 e. The number of carbonyl (C=O) groups excluding carboxylic acids is 3. The lowest BCUT2D eigenvalue weighted by atomic mass is 9.96. The van der Waals surface area contributed by atoms with Crippen molar-refractivity contribution >= 4 is 41.1 Å². The minimum Gasteiger partial charge on any atom is -0.453 e. The van der Waals surface area contributed by atoms with Gasteiger partial charge in [0.25, 0.3) is 0 Å². The summed E-state index contributed by atoms with van der Waals surface area (Å²) in [5.74, 6) is -0.481. The maximum atomic E-state index is 13.3. The lowest BCUT2D eigenvalue weighted by molar-refractivity contribution is -0.121. The number of halogens is 2. The van der Waals surface area contributed by atoms with E-state index in [1.54, 1.807) is 20.5 Å². The summed E-state index contributed by atoms with van der Waals surface area (Å²) in [4.78, 5) is 40.0. The van der Waals surface area contributed by atoms with Crippen molar-refractivity contribution < 1.29 is 23.5 Å². The highest BCUT2D eigenvalue weighted by atomic mass is 35.5. The van der Waals surface area contributed by atoms with Crippen LogP contribution in [0.4, 0.5) is 25.5 Å². The Morgan fingerprint density at radius 1 is 1.09 bits per heavy atom. The average Bonchev–Trinajstić information content (AvgIpc) is 3.22. The molecule has 2 aliphatic rings. The van der Waals surface area contributed by atoms with E-state index >= 15 is 0 Å². The highest BCUT2D eigenvalue weighted by Gasteiger charge is 2.29. The van der Waals surface area contributed by atoms with Gasteiger partial charge in [-0.25, -0.2) is 14.0 Å². The molecule has 4 amide bonds. The molecule has 0 aliphatic carbocycles. The first-order valence-corrected chi connectivity index (χ1v) is 10.9. The zero-order chi connectivity index (χ0) is 23.5. The molecule has 1 aromatic heterocycles. The number of ether oxygens (including phenoxy) is 1. The number of nitrogens with one attached hydrogen (secondary N) is 2. The molecule has 10 nitrogen and oxygen atoms in total.